The first-order chi connectivity index (χ1) is 13.4. The van der Waals surface area contributed by atoms with Gasteiger partial charge in [-0.1, -0.05) is 36.4 Å². The highest BCUT2D eigenvalue weighted by Crippen LogP contribution is 2.28. The van der Waals surface area contributed by atoms with E-state index < -0.39 is 22.9 Å². The lowest BCUT2D eigenvalue weighted by atomic mass is 10.1. The second-order valence-corrected chi connectivity index (χ2v) is 6.49. The van der Waals surface area contributed by atoms with E-state index in [2.05, 4.69) is 0 Å². The van der Waals surface area contributed by atoms with Crippen molar-refractivity contribution in [1.82, 2.24) is 0 Å². The molecular formula is C20H18N2O6. The first-order valence-corrected chi connectivity index (χ1v) is 8.71. The van der Waals surface area contributed by atoms with E-state index in [1.807, 2.05) is 0 Å². The number of carbonyl (C=O) groups is 3. The maximum atomic E-state index is 12.4. The van der Waals surface area contributed by atoms with Gasteiger partial charge in [0, 0.05) is 30.7 Å². The van der Waals surface area contributed by atoms with Crippen LogP contribution >= 0.6 is 0 Å². The van der Waals surface area contributed by atoms with E-state index in [4.69, 9.17) is 4.74 Å². The molecule has 1 aliphatic heterocycles. The van der Waals surface area contributed by atoms with E-state index in [-0.39, 0.29) is 30.3 Å². The Balaban J connectivity index is 1.66. The Labute approximate surface area is 160 Å². The number of ether oxygens (including phenoxy) is 1. The number of nitro benzene ring substituents is 1. The summed E-state index contributed by atoms with van der Waals surface area (Å²) in [5, 5.41) is 10.9. The highest BCUT2D eigenvalue weighted by Gasteiger charge is 2.37. The zero-order valence-electron chi connectivity index (χ0n) is 15.1. The molecule has 0 N–H and O–H groups in total. The molecule has 1 saturated heterocycles. The number of anilines is 1. The number of non-ortho nitro benzene ring substituents is 1. The Hall–Kier alpha value is -3.55. The van der Waals surface area contributed by atoms with Crippen LogP contribution in [-0.2, 0) is 14.3 Å². The van der Waals surface area contributed by atoms with Crippen LogP contribution in [-0.4, -0.2) is 35.2 Å². The van der Waals surface area contributed by atoms with Crippen molar-refractivity contribution in [2.45, 2.75) is 19.4 Å². The lowest BCUT2D eigenvalue weighted by Gasteiger charge is -2.17. The molecule has 1 amide bonds. The van der Waals surface area contributed by atoms with Crippen molar-refractivity contribution >= 4 is 29.0 Å². The molecule has 0 aliphatic carbocycles. The third-order valence-electron chi connectivity index (χ3n) is 4.53. The summed E-state index contributed by atoms with van der Waals surface area (Å²) in [6, 6.07) is 14.1. The van der Waals surface area contributed by atoms with Gasteiger partial charge < -0.3 is 9.64 Å². The molecule has 2 atom stereocenters. The quantitative estimate of drug-likeness (QED) is 0.329. The molecule has 1 fully saturated rings. The minimum Gasteiger partial charge on any atom is -0.454 e. The summed E-state index contributed by atoms with van der Waals surface area (Å²) in [7, 11) is 0. The Morgan fingerprint density at radius 2 is 1.89 bits per heavy atom. The number of benzene rings is 2. The maximum absolute atomic E-state index is 12.4. The van der Waals surface area contributed by atoms with Crippen molar-refractivity contribution in [3.8, 4) is 0 Å². The lowest BCUT2D eigenvalue weighted by molar-refractivity contribution is -0.384. The minimum absolute atomic E-state index is 0.0467. The lowest BCUT2D eigenvalue weighted by Crippen LogP contribution is -2.30. The van der Waals surface area contributed by atoms with E-state index in [9.17, 15) is 24.5 Å². The molecule has 0 unspecified atom stereocenters. The molecule has 3 rings (SSSR count). The van der Waals surface area contributed by atoms with Crippen molar-refractivity contribution in [2.24, 2.45) is 5.92 Å². The van der Waals surface area contributed by atoms with Gasteiger partial charge in [0.25, 0.3) is 5.69 Å². The molecule has 2 aromatic carbocycles. The molecule has 2 aromatic rings. The predicted octanol–water partition coefficient (Wildman–Crippen LogP) is 2.76. The van der Waals surface area contributed by atoms with Crippen molar-refractivity contribution in [3.63, 3.8) is 0 Å². The number of rotatable bonds is 6. The van der Waals surface area contributed by atoms with Crippen LogP contribution in [0.2, 0.25) is 0 Å². The molecule has 0 aromatic heterocycles. The van der Waals surface area contributed by atoms with Crippen molar-refractivity contribution in [2.75, 3.05) is 11.4 Å². The third-order valence-corrected chi connectivity index (χ3v) is 4.53. The fraction of sp³-hybridized carbons (Fsp3) is 0.250. The topological polar surface area (TPSA) is 107 Å². The van der Waals surface area contributed by atoms with Crippen LogP contribution < -0.4 is 4.90 Å². The first kappa shape index (κ1) is 19.2. The van der Waals surface area contributed by atoms with Gasteiger partial charge in [-0.05, 0) is 13.0 Å². The van der Waals surface area contributed by atoms with E-state index in [0.29, 0.717) is 11.3 Å². The number of carbonyl (C=O) groups excluding carboxylic acids is 3. The SMILES string of the molecule is C[C@@H](OC(=O)[C@@H]1CC(=O)N(c2cccc([N+](=O)[O-])c2)C1)C(=O)c1ccccc1. The number of Topliss-reactive ketones (excluding diaryl/α,β-unsaturated/α-hetero) is 1. The van der Waals surface area contributed by atoms with Gasteiger partial charge in [-0.25, -0.2) is 0 Å². The van der Waals surface area contributed by atoms with E-state index in [0.717, 1.165) is 0 Å². The first-order valence-electron chi connectivity index (χ1n) is 8.71. The number of nitrogens with zero attached hydrogens (tertiary/aromatic N) is 2. The van der Waals surface area contributed by atoms with Gasteiger partial charge in [-0.3, -0.25) is 24.5 Å². The molecule has 28 heavy (non-hydrogen) atoms. The average Bonchev–Trinajstić information content (AvgIpc) is 3.10. The summed E-state index contributed by atoms with van der Waals surface area (Å²) < 4.78 is 5.27. The van der Waals surface area contributed by atoms with Gasteiger partial charge in [-0.15, -0.1) is 0 Å². The Morgan fingerprint density at radius 3 is 2.57 bits per heavy atom. The summed E-state index contributed by atoms with van der Waals surface area (Å²) in [5.41, 5.74) is 0.643. The second-order valence-electron chi connectivity index (χ2n) is 6.49. The summed E-state index contributed by atoms with van der Waals surface area (Å²) in [6.07, 6.45) is -1.05. The zero-order valence-corrected chi connectivity index (χ0v) is 15.1. The normalized spacial score (nSPS) is 17.2. The molecule has 0 saturated carbocycles. The fourth-order valence-electron chi connectivity index (χ4n) is 3.05. The fourth-order valence-corrected chi connectivity index (χ4v) is 3.05. The molecule has 1 aliphatic rings. The molecule has 0 spiro atoms. The summed E-state index contributed by atoms with van der Waals surface area (Å²) >= 11 is 0. The number of ketones is 1. The third kappa shape index (κ3) is 4.06. The number of nitro groups is 1. The van der Waals surface area contributed by atoms with Crippen LogP contribution in [0.25, 0.3) is 0 Å². The van der Waals surface area contributed by atoms with E-state index in [1.165, 1.54) is 30.0 Å². The Morgan fingerprint density at radius 1 is 1.18 bits per heavy atom. The largest absolute Gasteiger partial charge is 0.454 e. The van der Waals surface area contributed by atoms with Gasteiger partial charge in [0.2, 0.25) is 11.7 Å². The smallest absolute Gasteiger partial charge is 0.312 e. The summed E-state index contributed by atoms with van der Waals surface area (Å²) in [4.78, 5) is 48.7. The monoisotopic (exact) mass is 382 g/mol. The van der Waals surface area contributed by atoms with Crippen molar-refractivity contribution in [3.05, 3.63) is 70.3 Å². The van der Waals surface area contributed by atoms with Gasteiger partial charge in [0.15, 0.2) is 6.10 Å². The van der Waals surface area contributed by atoms with Crippen molar-refractivity contribution < 1.29 is 24.0 Å². The van der Waals surface area contributed by atoms with E-state index in [1.54, 1.807) is 36.4 Å². The summed E-state index contributed by atoms with van der Waals surface area (Å²) in [5.74, 6) is -2.03. The summed E-state index contributed by atoms with van der Waals surface area (Å²) in [6.45, 7) is 1.54. The van der Waals surface area contributed by atoms with E-state index >= 15 is 0 Å². The number of hydrogen-bond donors (Lipinski definition) is 0. The van der Waals surface area contributed by atoms with Crippen LogP contribution in [0.5, 0.6) is 0 Å². The van der Waals surface area contributed by atoms with Gasteiger partial charge in [0.1, 0.15) is 0 Å². The zero-order chi connectivity index (χ0) is 20.3. The Bertz CT molecular complexity index is 927. The van der Waals surface area contributed by atoms with Gasteiger partial charge in [0.05, 0.1) is 16.5 Å². The number of amides is 1. The van der Waals surface area contributed by atoms with Gasteiger partial charge in [-0.2, -0.15) is 0 Å². The number of hydrogen-bond acceptors (Lipinski definition) is 6. The molecule has 8 nitrogen and oxygen atoms in total. The molecular weight excluding hydrogens is 364 g/mol. The number of esters is 1. The van der Waals surface area contributed by atoms with Crippen molar-refractivity contribution in [1.29, 1.82) is 0 Å². The second kappa shape index (κ2) is 7.99. The molecule has 1 heterocycles. The molecule has 0 radical (unpaired) electrons. The van der Waals surface area contributed by atoms with Gasteiger partial charge >= 0.3 is 5.97 Å². The van der Waals surface area contributed by atoms with Crippen LogP contribution in [0.15, 0.2) is 54.6 Å². The Kier molecular flexibility index (Phi) is 5.49. The highest BCUT2D eigenvalue weighted by atomic mass is 16.6. The highest BCUT2D eigenvalue weighted by molar-refractivity contribution is 6.02. The predicted molar refractivity (Wildman–Crippen MR) is 99.9 cm³/mol. The minimum atomic E-state index is -0.975. The van der Waals surface area contributed by atoms with Crippen LogP contribution in [0.1, 0.15) is 23.7 Å². The molecule has 8 heteroatoms. The molecule has 144 valence electrons. The molecule has 0 bridgehead atoms. The maximum Gasteiger partial charge on any atom is 0.312 e. The van der Waals surface area contributed by atoms with Crippen LogP contribution in [0.4, 0.5) is 11.4 Å². The van der Waals surface area contributed by atoms with Crippen LogP contribution in [0, 0.1) is 16.0 Å². The van der Waals surface area contributed by atoms with Crippen LogP contribution in [0.3, 0.4) is 0 Å². The standard InChI is InChI=1S/C20H18N2O6/c1-13(19(24)14-6-3-2-4-7-14)28-20(25)15-10-18(23)21(12-15)16-8-5-9-17(11-16)22(26)27/h2-9,11,13,15H,10,12H2,1H3/t13-,15-/m1/s1. The average molecular weight is 382 g/mol.